The van der Waals surface area contributed by atoms with Crippen LogP contribution in [0.15, 0.2) is 24.4 Å². The number of piperazine rings is 1. The Bertz CT molecular complexity index is 1010. The molecule has 3 heterocycles. The number of hydrogen-bond acceptors (Lipinski definition) is 5. The van der Waals surface area contributed by atoms with E-state index in [-0.39, 0.29) is 18.3 Å². The summed E-state index contributed by atoms with van der Waals surface area (Å²) in [6.07, 6.45) is 1.13. The van der Waals surface area contributed by atoms with Crippen LogP contribution in [0.2, 0.25) is 0 Å². The van der Waals surface area contributed by atoms with Crippen molar-refractivity contribution in [3.05, 3.63) is 52.7 Å². The maximum atomic E-state index is 14.8. The Balaban J connectivity index is 1.49. The number of hydrogen-bond donors (Lipinski definition) is 0. The maximum Gasteiger partial charge on any atom is 0.414 e. The quantitative estimate of drug-likeness (QED) is 0.748. The van der Waals surface area contributed by atoms with Crippen molar-refractivity contribution in [2.75, 3.05) is 42.6 Å². The van der Waals surface area contributed by atoms with Crippen molar-refractivity contribution in [2.24, 2.45) is 0 Å². The number of nitrogens with zero attached hydrogens (tertiary/aromatic N) is 4. The summed E-state index contributed by atoms with van der Waals surface area (Å²) in [7, 11) is 0. The Morgan fingerprint density at radius 1 is 1.10 bits per heavy atom. The first-order chi connectivity index (χ1) is 14.8. The molecule has 1 aromatic heterocycles. The van der Waals surface area contributed by atoms with E-state index < -0.39 is 29.2 Å². The second kappa shape index (κ2) is 8.13. The van der Waals surface area contributed by atoms with Crippen LogP contribution < -0.4 is 9.80 Å². The lowest BCUT2D eigenvalue weighted by atomic mass is 10.1. The highest BCUT2D eigenvalue weighted by molar-refractivity contribution is 5.96. The topological polar surface area (TPSA) is 66.0 Å². The average molecular weight is 430 g/mol. The van der Waals surface area contributed by atoms with Gasteiger partial charge in [0.1, 0.15) is 29.6 Å². The van der Waals surface area contributed by atoms with Crippen molar-refractivity contribution >= 4 is 23.5 Å². The number of pyridine rings is 1. The molecule has 1 atom stereocenters. The number of ether oxygens (including phenoxy) is 1. The highest BCUT2D eigenvalue weighted by Gasteiger charge is 2.34. The van der Waals surface area contributed by atoms with Gasteiger partial charge in [-0.15, -0.1) is 0 Å². The van der Waals surface area contributed by atoms with Crippen LogP contribution in [0.4, 0.5) is 25.1 Å². The Morgan fingerprint density at radius 3 is 2.29 bits per heavy atom. The fourth-order valence-corrected chi connectivity index (χ4v) is 4.10. The molecule has 9 heteroatoms. The van der Waals surface area contributed by atoms with Gasteiger partial charge in [0.25, 0.3) is 5.91 Å². The second-order valence-electron chi connectivity index (χ2n) is 8.01. The van der Waals surface area contributed by atoms with Gasteiger partial charge >= 0.3 is 6.09 Å². The van der Waals surface area contributed by atoms with Crippen LogP contribution in [0, 0.1) is 25.5 Å². The molecule has 2 aromatic rings. The third-order valence-corrected chi connectivity index (χ3v) is 5.66. The fourth-order valence-electron chi connectivity index (χ4n) is 4.10. The van der Waals surface area contributed by atoms with E-state index in [4.69, 9.17) is 4.74 Å². The first kappa shape index (κ1) is 21.0. The third kappa shape index (κ3) is 3.92. The lowest BCUT2D eigenvalue weighted by Crippen LogP contribution is -2.49. The van der Waals surface area contributed by atoms with Crippen LogP contribution in [-0.4, -0.2) is 60.7 Å². The lowest BCUT2D eigenvalue weighted by molar-refractivity contribution is 0.0736. The molecule has 0 radical (unpaired) electrons. The minimum Gasteiger partial charge on any atom is -0.447 e. The number of aryl methyl sites for hydroxylation is 2. The van der Waals surface area contributed by atoms with Gasteiger partial charge in [-0.3, -0.25) is 9.69 Å². The standard InChI is InChI=1S/C22H24F2N4O3/c1-13-8-14(2)20(25-11-13)26-4-6-27(7-5-26)21(29)19-17(23)9-16(10-18(19)24)28-15(3)12-31-22(28)30/h8-11,15H,4-7,12H2,1-3H3. The molecule has 2 aliphatic heterocycles. The van der Waals surface area contributed by atoms with Crippen molar-refractivity contribution in [3.63, 3.8) is 0 Å². The zero-order valence-electron chi connectivity index (χ0n) is 17.7. The number of aromatic nitrogens is 1. The highest BCUT2D eigenvalue weighted by atomic mass is 19.1. The molecule has 1 unspecified atom stereocenters. The normalized spacial score (nSPS) is 19.1. The van der Waals surface area contributed by atoms with E-state index in [9.17, 15) is 18.4 Å². The predicted molar refractivity (Wildman–Crippen MR) is 111 cm³/mol. The molecule has 31 heavy (non-hydrogen) atoms. The molecule has 4 rings (SSSR count). The van der Waals surface area contributed by atoms with Crippen molar-refractivity contribution in [3.8, 4) is 0 Å². The van der Waals surface area contributed by atoms with Crippen LogP contribution in [0.5, 0.6) is 0 Å². The van der Waals surface area contributed by atoms with Gasteiger partial charge in [0.05, 0.1) is 11.7 Å². The van der Waals surface area contributed by atoms with E-state index in [2.05, 4.69) is 9.88 Å². The maximum absolute atomic E-state index is 14.8. The largest absolute Gasteiger partial charge is 0.447 e. The number of carbonyl (C=O) groups is 2. The van der Waals surface area contributed by atoms with E-state index in [1.54, 1.807) is 13.1 Å². The summed E-state index contributed by atoms with van der Waals surface area (Å²) in [5.74, 6) is -1.84. The van der Waals surface area contributed by atoms with Gasteiger partial charge in [-0.2, -0.15) is 0 Å². The summed E-state index contributed by atoms with van der Waals surface area (Å²) in [5.41, 5.74) is 1.54. The number of cyclic esters (lactones) is 1. The van der Waals surface area contributed by atoms with Crippen LogP contribution in [0.1, 0.15) is 28.4 Å². The van der Waals surface area contributed by atoms with Crippen LogP contribution in [0.3, 0.4) is 0 Å². The summed E-state index contributed by atoms with van der Waals surface area (Å²) in [5, 5.41) is 0. The molecule has 2 fully saturated rings. The summed E-state index contributed by atoms with van der Waals surface area (Å²) < 4.78 is 34.4. The highest BCUT2D eigenvalue weighted by Crippen LogP contribution is 2.28. The van der Waals surface area contributed by atoms with Crippen molar-refractivity contribution in [1.29, 1.82) is 0 Å². The molecule has 0 bridgehead atoms. The van der Waals surface area contributed by atoms with E-state index in [1.165, 1.54) is 9.80 Å². The molecule has 0 N–H and O–H groups in total. The van der Waals surface area contributed by atoms with Gasteiger partial charge in [0.15, 0.2) is 0 Å². The van der Waals surface area contributed by atoms with Crippen molar-refractivity contribution in [2.45, 2.75) is 26.8 Å². The third-order valence-electron chi connectivity index (χ3n) is 5.66. The molecule has 0 spiro atoms. The number of carbonyl (C=O) groups excluding carboxylic acids is 2. The molecule has 164 valence electrons. The molecule has 0 aliphatic carbocycles. The Morgan fingerprint density at radius 2 is 1.74 bits per heavy atom. The first-order valence-electron chi connectivity index (χ1n) is 10.2. The molecular weight excluding hydrogens is 406 g/mol. The molecule has 1 aromatic carbocycles. The number of benzene rings is 1. The number of amides is 2. The molecule has 7 nitrogen and oxygen atoms in total. The van der Waals surface area contributed by atoms with Gasteiger partial charge in [-0.1, -0.05) is 6.07 Å². The Kier molecular flexibility index (Phi) is 5.51. The molecule has 2 saturated heterocycles. The zero-order valence-corrected chi connectivity index (χ0v) is 17.7. The van der Waals surface area contributed by atoms with Crippen LogP contribution in [-0.2, 0) is 4.74 Å². The van der Waals surface area contributed by atoms with Gasteiger partial charge in [0, 0.05) is 32.4 Å². The number of halogens is 2. The average Bonchev–Trinajstić information content (AvgIpc) is 3.05. The summed E-state index contributed by atoms with van der Waals surface area (Å²) in [6.45, 7) is 7.49. The zero-order chi connectivity index (χ0) is 22.3. The van der Waals surface area contributed by atoms with Crippen LogP contribution in [0.25, 0.3) is 0 Å². The smallest absolute Gasteiger partial charge is 0.414 e. The lowest BCUT2D eigenvalue weighted by Gasteiger charge is -2.36. The van der Waals surface area contributed by atoms with E-state index in [0.717, 1.165) is 29.1 Å². The number of rotatable bonds is 3. The fraction of sp³-hybridized carbons (Fsp3) is 0.409. The Labute approximate surface area is 179 Å². The minimum absolute atomic E-state index is 0.0345. The van der Waals surface area contributed by atoms with Gasteiger partial charge < -0.3 is 14.5 Å². The molecule has 2 aliphatic rings. The molecule has 2 amide bonds. The van der Waals surface area contributed by atoms with Crippen LogP contribution >= 0.6 is 0 Å². The number of anilines is 2. The minimum atomic E-state index is -0.995. The van der Waals surface area contributed by atoms with Gasteiger partial charge in [0.2, 0.25) is 0 Å². The summed E-state index contributed by atoms with van der Waals surface area (Å²) in [4.78, 5) is 33.9. The van der Waals surface area contributed by atoms with E-state index >= 15 is 0 Å². The van der Waals surface area contributed by atoms with Gasteiger partial charge in [-0.05, 0) is 44.0 Å². The molecule has 0 saturated carbocycles. The van der Waals surface area contributed by atoms with Crippen molar-refractivity contribution in [1.82, 2.24) is 9.88 Å². The Hall–Kier alpha value is -3.23. The summed E-state index contributed by atoms with van der Waals surface area (Å²) >= 11 is 0. The molecular formula is C22H24F2N4O3. The van der Waals surface area contributed by atoms with Crippen molar-refractivity contribution < 1.29 is 23.1 Å². The first-order valence-corrected chi connectivity index (χ1v) is 10.2. The summed E-state index contributed by atoms with van der Waals surface area (Å²) in [6, 6.07) is 3.72. The predicted octanol–water partition coefficient (Wildman–Crippen LogP) is 3.28. The van der Waals surface area contributed by atoms with E-state index in [0.29, 0.717) is 26.2 Å². The van der Waals surface area contributed by atoms with Gasteiger partial charge in [-0.25, -0.2) is 18.6 Å². The van der Waals surface area contributed by atoms with E-state index in [1.807, 2.05) is 19.9 Å². The second-order valence-corrected chi connectivity index (χ2v) is 8.01. The SMILES string of the molecule is Cc1cnc(N2CCN(C(=O)c3c(F)cc(N4C(=O)OCC4C)cc3F)CC2)c(C)c1. The monoisotopic (exact) mass is 430 g/mol.